The van der Waals surface area contributed by atoms with Crippen molar-refractivity contribution >= 4 is 22.4 Å². The van der Waals surface area contributed by atoms with E-state index in [4.69, 9.17) is 0 Å². The average Bonchev–Trinajstić information content (AvgIpc) is 2.85. The first-order valence-corrected chi connectivity index (χ1v) is 11.6. The van der Waals surface area contributed by atoms with Gasteiger partial charge < -0.3 is 10.6 Å². The molecule has 176 valence electrons. The highest BCUT2D eigenvalue weighted by atomic mass is 19.2. The molecular weight excluding hydrogens is 439 g/mol. The van der Waals surface area contributed by atoms with Crippen LogP contribution in [-0.4, -0.2) is 11.9 Å². The predicted octanol–water partition coefficient (Wildman–Crippen LogP) is 6.20. The van der Waals surface area contributed by atoms with Crippen LogP contribution in [0.2, 0.25) is 0 Å². The number of carbonyl (C=O) groups is 1. The standard InChI is InChI=1S/C27H26F3N3O/c28-22-14-24(30)23(29)13-19(22)16-32-27(34)26(12-17-6-2-1-3-7-17)33-25-11-10-18(15-31)20-8-4-5-9-21(20)25/h4-5,8-11,13-14,17,26,33H,1-3,6-7,12,16H2,(H,32,34)/t26-/m0/s1. The number of anilines is 1. The second-order valence-corrected chi connectivity index (χ2v) is 8.83. The maximum Gasteiger partial charge on any atom is 0.242 e. The van der Waals surface area contributed by atoms with Crippen molar-refractivity contribution in [2.45, 2.75) is 51.1 Å². The zero-order chi connectivity index (χ0) is 24.1. The Bertz CT molecular complexity index is 1230. The smallest absolute Gasteiger partial charge is 0.242 e. The molecule has 4 nitrogen and oxygen atoms in total. The van der Waals surface area contributed by atoms with Crippen LogP contribution in [0.5, 0.6) is 0 Å². The molecule has 3 aromatic carbocycles. The van der Waals surface area contributed by atoms with Crippen molar-refractivity contribution in [3.8, 4) is 6.07 Å². The van der Waals surface area contributed by atoms with E-state index in [0.29, 0.717) is 24.0 Å². The highest BCUT2D eigenvalue weighted by molar-refractivity contribution is 5.99. The summed E-state index contributed by atoms with van der Waals surface area (Å²) >= 11 is 0. The van der Waals surface area contributed by atoms with E-state index >= 15 is 0 Å². The third-order valence-electron chi connectivity index (χ3n) is 6.53. The van der Waals surface area contributed by atoms with Crippen LogP contribution in [0.3, 0.4) is 0 Å². The number of nitriles is 1. The number of amides is 1. The molecule has 1 atom stereocenters. The Labute approximate surface area is 196 Å². The van der Waals surface area contributed by atoms with Gasteiger partial charge in [-0.3, -0.25) is 4.79 Å². The van der Waals surface area contributed by atoms with Gasteiger partial charge in [-0.15, -0.1) is 0 Å². The number of carbonyl (C=O) groups excluding carboxylic acids is 1. The molecule has 1 saturated carbocycles. The Morgan fingerprint density at radius 3 is 2.41 bits per heavy atom. The van der Waals surface area contributed by atoms with Gasteiger partial charge in [0.05, 0.1) is 11.6 Å². The van der Waals surface area contributed by atoms with Gasteiger partial charge in [-0.25, -0.2) is 13.2 Å². The first-order valence-electron chi connectivity index (χ1n) is 11.6. The van der Waals surface area contributed by atoms with E-state index in [9.17, 15) is 23.2 Å². The Hall–Kier alpha value is -3.53. The summed E-state index contributed by atoms with van der Waals surface area (Å²) < 4.78 is 40.8. The number of nitrogens with one attached hydrogen (secondary N) is 2. The number of rotatable bonds is 7. The van der Waals surface area contributed by atoms with Crippen LogP contribution >= 0.6 is 0 Å². The fraction of sp³-hybridized carbons (Fsp3) is 0.333. The van der Waals surface area contributed by atoms with Gasteiger partial charge in [0.2, 0.25) is 5.91 Å². The summed E-state index contributed by atoms with van der Waals surface area (Å²) in [5.74, 6) is -3.30. The van der Waals surface area contributed by atoms with Crippen molar-refractivity contribution in [3.05, 3.63) is 77.1 Å². The van der Waals surface area contributed by atoms with Crippen LogP contribution < -0.4 is 10.6 Å². The molecular formula is C27H26F3N3O. The molecule has 1 amide bonds. The molecule has 0 saturated heterocycles. The molecule has 0 unspecified atom stereocenters. The Morgan fingerprint density at radius 2 is 1.68 bits per heavy atom. The number of nitrogens with zero attached hydrogens (tertiary/aromatic N) is 1. The zero-order valence-electron chi connectivity index (χ0n) is 18.7. The minimum atomic E-state index is -1.27. The van der Waals surface area contributed by atoms with Gasteiger partial charge in [-0.1, -0.05) is 56.4 Å². The minimum absolute atomic E-state index is 0.118. The van der Waals surface area contributed by atoms with Crippen LogP contribution in [-0.2, 0) is 11.3 Å². The van der Waals surface area contributed by atoms with Crippen molar-refractivity contribution in [1.82, 2.24) is 5.32 Å². The van der Waals surface area contributed by atoms with E-state index in [2.05, 4.69) is 16.7 Å². The predicted molar refractivity (Wildman–Crippen MR) is 125 cm³/mol. The molecule has 0 aromatic heterocycles. The average molecular weight is 466 g/mol. The lowest BCUT2D eigenvalue weighted by atomic mass is 9.84. The number of hydrogen-bond donors (Lipinski definition) is 2. The molecule has 0 bridgehead atoms. The summed E-state index contributed by atoms with van der Waals surface area (Å²) in [6.07, 6.45) is 6.11. The summed E-state index contributed by atoms with van der Waals surface area (Å²) in [6.45, 7) is -0.251. The van der Waals surface area contributed by atoms with Crippen molar-refractivity contribution in [2.24, 2.45) is 5.92 Å². The highest BCUT2D eigenvalue weighted by Crippen LogP contribution is 2.31. The van der Waals surface area contributed by atoms with Crippen molar-refractivity contribution in [2.75, 3.05) is 5.32 Å². The molecule has 2 N–H and O–H groups in total. The zero-order valence-corrected chi connectivity index (χ0v) is 18.7. The second kappa shape index (κ2) is 10.6. The lowest BCUT2D eigenvalue weighted by Crippen LogP contribution is -2.41. The topological polar surface area (TPSA) is 64.9 Å². The summed E-state index contributed by atoms with van der Waals surface area (Å²) in [4.78, 5) is 13.2. The van der Waals surface area contributed by atoms with Crippen LogP contribution in [0.25, 0.3) is 10.8 Å². The maximum absolute atomic E-state index is 14.0. The molecule has 1 aliphatic rings. The molecule has 7 heteroatoms. The van der Waals surface area contributed by atoms with Gasteiger partial charge >= 0.3 is 0 Å². The van der Waals surface area contributed by atoms with Crippen LogP contribution in [0.4, 0.5) is 18.9 Å². The first-order chi connectivity index (χ1) is 16.5. The molecule has 34 heavy (non-hydrogen) atoms. The summed E-state index contributed by atoms with van der Waals surface area (Å²) in [7, 11) is 0. The molecule has 1 fully saturated rings. The third-order valence-corrected chi connectivity index (χ3v) is 6.53. The largest absolute Gasteiger partial charge is 0.373 e. The normalized spacial score (nSPS) is 15.0. The summed E-state index contributed by atoms with van der Waals surface area (Å²) in [6, 6.07) is 13.8. The van der Waals surface area contributed by atoms with Gasteiger partial charge in [-0.2, -0.15) is 5.26 Å². The fourth-order valence-corrected chi connectivity index (χ4v) is 4.70. The van der Waals surface area contributed by atoms with Crippen molar-refractivity contribution in [1.29, 1.82) is 5.26 Å². The van der Waals surface area contributed by atoms with Gasteiger partial charge in [0.25, 0.3) is 0 Å². The van der Waals surface area contributed by atoms with Gasteiger partial charge in [0.1, 0.15) is 11.9 Å². The lowest BCUT2D eigenvalue weighted by Gasteiger charge is -2.27. The summed E-state index contributed by atoms with van der Waals surface area (Å²) in [5.41, 5.74) is 1.15. The van der Waals surface area contributed by atoms with Crippen molar-refractivity contribution < 1.29 is 18.0 Å². The Balaban J connectivity index is 1.57. The van der Waals surface area contributed by atoms with E-state index < -0.39 is 23.5 Å². The molecule has 1 aliphatic carbocycles. The molecule has 0 radical (unpaired) electrons. The number of hydrogen-bond acceptors (Lipinski definition) is 3. The quantitative estimate of drug-likeness (QED) is 0.409. The van der Waals surface area contributed by atoms with E-state index in [0.717, 1.165) is 48.2 Å². The Morgan fingerprint density at radius 1 is 0.971 bits per heavy atom. The molecule has 0 heterocycles. The van der Waals surface area contributed by atoms with Crippen LogP contribution in [0.1, 0.15) is 49.7 Å². The maximum atomic E-state index is 14.0. The fourth-order valence-electron chi connectivity index (χ4n) is 4.70. The van der Waals surface area contributed by atoms with E-state index in [1.807, 2.05) is 24.3 Å². The summed E-state index contributed by atoms with van der Waals surface area (Å²) in [5, 5.41) is 17.1. The van der Waals surface area contributed by atoms with Crippen molar-refractivity contribution in [3.63, 3.8) is 0 Å². The van der Waals surface area contributed by atoms with E-state index in [1.165, 1.54) is 6.42 Å². The molecule has 4 rings (SSSR count). The van der Waals surface area contributed by atoms with Gasteiger partial charge in [0.15, 0.2) is 11.6 Å². The van der Waals surface area contributed by atoms with E-state index in [1.54, 1.807) is 12.1 Å². The minimum Gasteiger partial charge on any atom is -0.373 e. The number of fused-ring (bicyclic) bond motifs is 1. The second-order valence-electron chi connectivity index (χ2n) is 8.83. The molecule has 0 spiro atoms. The molecule has 0 aliphatic heterocycles. The first kappa shape index (κ1) is 23.6. The molecule has 3 aromatic rings. The van der Waals surface area contributed by atoms with Crippen LogP contribution in [0.15, 0.2) is 48.5 Å². The number of benzene rings is 3. The third kappa shape index (κ3) is 5.33. The highest BCUT2D eigenvalue weighted by Gasteiger charge is 2.25. The monoisotopic (exact) mass is 465 g/mol. The SMILES string of the molecule is N#Cc1ccc(N[C@@H](CC2CCCCC2)C(=O)NCc2cc(F)c(F)cc2F)c2ccccc12. The van der Waals surface area contributed by atoms with Gasteiger partial charge in [-0.05, 0) is 30.5 Å². The van der Waals surface area contributed by atoms with Gasteiger partial charge in [0, 0.05) is 34.6 Å². The van der Waals surface area contributed by atoms with Crippen LogP contribution in [0, 0.1) is 34.7 Å². The number of halogens is 3. The lowest BCUT2D eigenvalue weighted by molar-refractivity contribution is -0.122. The van der Waals surface area contributed by atoms with E-state index in [-0.39, 0.29) is 18.0 Å². The Kier molecular flexibility index (Phi) is 7.36.